The van der Waals surface area contributed by atoms with Crippen LogP contribution < -0.4 is 10.1 Å². The summed E-state index contributed by atoms with van der Waals surface area (Å²) in [6, 6.07) is 21.9. The number of benzene rings is 2. The number of pyridine rings is 1. The predicted octanol–water partition coefficient (Wildman–Crippen LogP) is 4.49. The van der Waals surface area contributed by atoms with Crippen molar-refractivity contribution in [3.63, 3.8) is 0 Å². The van der Waals surface area contributed by atoms with Gasteiger partial charge in [-0.25, -0.2) is 4.98 Å². The maximum atomic E-state index is 12.7. The van der Waals surface area contributed by atoms with Crippen molar-refractivity contribution in [2.24, 2.45) is 0 Å². The first-order valence-electron chi connectivity index (χ1n) is 7.41. The summed E-state index contributed by atoms with van der Waals surface area (Å²) >= 11 is 5.77. The van der Waals surface area contributed by atoms with Crippen LogP contribution in [0.2, 0.25) is 5.15 Å². The molecule has 1 unspecified atom stereocenters. The summed E-state index contributed by atoms with van der Waals surface area (Å²) < 4.78 is 5.90. The van der Waals surface area contributed by atoms with E-state index in [-0.39, 0.29) is 5.91 Å². The van der Waals surface area contributed by atoms with Crippen LogP contribution in [-0.2, 0) is 4.79 Å². The van der Waals surface area contributed by atoms with Crippen LogP contribution in [0, 0.1) is 0 Å². The molecule has 0 bridgehead atoms. The Balaban J connectivity index is 1.83. The molecule has 1 amide bonds. The zero-order valence-corrected chi connectivity index (χ0v) is 13.5. The van der Waals surface area contributed by atoms with Crippen LogP contribution in [0.4, 0.5) is 5.69 Å². The summed E-state index contributed by atoms with van der Waals surface area (Å²) in [6.45, 7) is 0. The van der Waals surface area contributed by atoms with Gasteiger partial charge in [0.25, 0.3) is 5.91 Å². The average Bonchev–Trinajstić information content (AvgIpc) is 2.63. The molecule has 120 valence electrons. The Kier molecular flexibility index (Phi) is 5.08. The number of aromatic nitrogens is 1. The lowest BCUT2D eigenvalue weighted by Gasteiger charge is -2.19. The van der Waals surface area contributed by atoms with E-state index in [9.17, 15) is 4.79 Å². The minimum absolute atomic E-state index is 0.283. The highest BCUT2D eigenvalue weighted by Crippen LogP contribution is 2.23. The first-order chi connectivity index (χ1) is 11.7. The average molecular weight is 339 g/mol. The third-order valence-electron chi connectivity index (χ3n) is 3.33. The molecule has 3 aromatic rings. The first-order valence-corrected chi connectivity index (χ1v) is 7.79. The number of hydrogen-bond acceptors (Lipinski definition) is 3. The molecule has 0 saturated carbocycles. The SMILES string of the molecule is O=C(Nc1ccc(Cl)nc1)C(Oc1ccccc1)c1ccccc1. The maximum absolute atomic E-state index is 12.7. The molecule has 0 fully saturated rings. The first kappa shape index (κ1) is 16.0. The molecule has 1 N–H and O–H groups in total. The van der Waals surface area contributed by atoms with E-state index in [1.165, 1.54) is 6.20 Å². The Bertz CT molecular complexity index is 793. The Hall–Kier alpha value is -2.85. The van der Waals surface area contributed by atoms with Gasteiger partial charge in [-0.1, -0.05) is 60.1 Å². The highest BCUT2D eigenvalue weighted by Gasteiger charge is 2.22. The molecule has 0 aliphatic carbocycles. The van der Waals surface area contributed by atoms with Gasteiger partial charge in [0.05, 0.1) is 11.9 Å². The van der Waals surface area contributed by atoms with Crippen molar-refractivity contribution in [1.29, 1.82) is 0 Å². The summed E-state index contributed by atoms with van der Waals surface area (Å²) in [5, 5.41) is 3.17. The number of carbonyl (C=O) groups is 1. The number of nitrogens with zero attached hydrogens (tertiary/aromatic N) is 1. The van der Waals surface area contributed by atoms with Crippen LogP contribution in [0.5, 0.6) is 5.75 Å². The highest BCUT2D eigenvalue weighted by atomic mass is 35.5. The van der Waals surface area contributed by atoms with E-state index in [0.29, 0.717) is 16.6 Å². The topological polar surface area (TPSA) is 51.2 Å². The van der Waals surface area contributed by atoms with Crippen LogP contribution in [0.25, 0.3) is 0 Å². The number of anilines is 1. The molecule has 3 rings (SSSR count). The summed E-state index contributed by atoms with van der Waals surface area (Å²) in [4.78, 5) is 16.7. The molecule has 2 aromatic carbocycles. The number of hydrogen-bond donors (Lipinski definition) is 1. The van der Waals surface area contributed by atoms with Gasteiger partial charge in [-0.3, -0.25) is 4.79 Å². The zero-order chi connectivity index (χ0) is 16.8. The second-order valence-corrected chi connectivity index (χ2v) is 5.47. The van der Waals surface area contributed by atoms with Crippen LogP contribution in [0.3, 0.4) is 0 Å². The van der Waals surface area contributed by atoms with E-state index in [1.54, 1.807) is 12.1 Å². The fourth-order valence-corrected chi connectivity index (χ4v) is 2.31. The molecule has 0 spiro atoms. The normalized spacial score (nSPS) is 11.5. The van der Waals surface area contributed by atoms with Crippen LogP contribution in [-0.4, -0.2) is 10.9 Å². The molecule has 1 heterocycles. The number of halogens is 1. The standard InChI is InChI=1S/C19H15ClN2O2/c20-17-12-11-15(13-21-17)22-19(23)18(14-7-3-1-4-8-14)24-16-9-5-2-6-10-16/h1-13,18H,(H,22,23). The third-order valence-corrected chi connectivity index (χ3v) is 3.56. The molecule has 1 aromatic heterocycles. The minimum Gasteiger partial charge on any atom is -0.476 e. The Morgan fingerprint density at radius 1 is 0.958 bits per heavy atom. The number of rotatable bonds is 5. The molecule has 5 heteroatoms. The molecule has 1 atom stereocenters. The lowest BCUT2D eigenvalue weighted by molar-refractivity contribution is -0.123. The number of nitrogens with one attached hydrogen (secondary N) is 1. The van der Waals surface area contributed by atoms with E-state index in [0.717, 1.165) is 5.56 Å². The van der Waals surface area contributed by atoms with Crippen LogP contribution >= 0.6 is 11.6 Å². The van der Waals surface area contributed by atoms with E-state index >= 15 is 0 Å². The lowest BCUT2D eigenvalue weighted by Crippen LogP contribution is -2.25. The molecular formula is C19H15ClN2O2. The van der Waals surface area contributed by atoms with Crippen molar-refractivity contribution in [3.8, 4) is 5.75 Å². The zero-order valence-electron chi connectivity index (χ0n) is 12.7. The minimum atomic E-state index is -0.774. The Morgan fingerprint density at radius 3 is 2.25 bits per heavy atom. The largest absolute Gasteiger partial charge is 0.476 e. The van der Waals surface area contributed by atoms with Gasteiger partial charge in [0.15, 0.2) is 0 Å². The van der Waals surface area contributed by atoms with Gasteiger partial charge in [-0.05, 0) is 24.3 Å². The molecule has 0 saturated heterocycles. The predicted molar refractivity (Wildman–Crippen MR) is 94.1 cm³/mol. The van der Waals surface area contributed by atoms with Gasteiger partial charge in [0.2, 0.25) is 6.10 Å². The summed E-state index contributed by atoms with van der Waals surface area (Å²) in [6.07, 6.45) is 0.731. The van der Waals surface area contributed by atoms with Gasteiger partial charge in [-0.2, -0.15) is 0 Å². The van der Waals surface area contributed by atoms with Crippen molar-refractivity contribution in [2.75, 3.05) is 5.32 Å². The summed E-state index contributed by atoms with van der Waals surface area (Å²) in [5.41, 5.74) is 1.32. The van der Waals surface area contributed by atoms with Crippen LogP contribution in [0.15, 0.2) is 79.0 Å². The number of ether oxygens (including phenoxy) is 1. The van der Waals surface area contributed by atoms with Gasteiger partial charge in [0.1, 0.15) is 10.9 Å². The smallest absolute Gasteiger partial charge is 0.270 e. The Labute approximate surface area is 145 Å². The fourth-order valence-electron chi connectivity index (χ4n) is 2.19. The van der Waals surface area contributed by atoms with Crippen molar-refractivity contribution in [2.45, 2.75) is 6.10 Å². The molecular weight excluding hydrogens is 324 g/mol. The van der Waals surface area contributed by atoms with Crippen molar-refractivity contribution >= 4 is 23.2 Å². The van der Waals surface area contributed by atoms with E-state index in [4.69, 9.17) is 16.3 Å². The number of carbonyl (C=O) groups excluding carboxylic acids is 1. The number of para-hydroxylation sites is 1. The van der Waals surface area contributed by atoms with E-state index < -0.39 is 6.10 Å². The summed E-state index contributed by atoms with van der Waals surface area (Å²) in [7, 11) is 0. The van der Waals surface area contributed by atoms with Crippen LogP contribution in [0.1, 0.15) is 11.7 Å². The van der Waals surface area contributed by atoms with Gasteiger partial charge in [0, 0.05) is 5.56 Å². The molecule has 0 aliphatic rings. The number of amides is 1. The van der Waals surface area contributed by atoms with Crippen molar-refractivity contribution in [3.05, 3.63) is 89.7 Å². The van der Waals surface area contributed by atoms with Gasteiger partial charge >= 0.3 is 0 Å². The van der Waals surface area contributed by atoms with Crippen molar-refractivity contribution in [1.82, 2.24) is 4.98 Å². The van der Waals surface area contributed by atoms with Gasteiger partial charge < -0.3 is 10.1 Å². The highest BCUT2D eigenvalue weighted by molar-refractivity contribution is 6.29. The quantitative estimate of drug-likeness (QED) is 0.697. The molecule has 24 heavy (non-hydrogen) atoms. The second-order valence-electron chi connectivity index (χ2n) is 5.08. The lowest BCUT2D eigenvalue weighted by atomic mass is 10.1. The van der Waals surface area contributed by atoms with Gasteiger partial charge in [-0.15, -0.1) is 0 Å². The van der Waals surface area contributed by atoms with Crippen molar-refractivity contribution < 1.29 is 9.53 Å². The second kappa shape index (κ2) is 7.62. The Morgan fingerprint density at radius 2 is 1.62 bits per heavy atom. The molecule has 0 aliphatic heterocycles. The molecule has 4 nitrogen and oxygen atoms in total. The molecule has 0 radical (unpaired) electrons. The summed E-state index contributed by atoms with van der Waals surface area (Å²) in [5.74, 6) is 0.338. The third kappa shape index (κ3) is 4.12. The van der Waals surface area contributed by atoms with E-state index in [2.05, 4.69) is 10.3 Å². The fraction of sp³-hybridized carbons (Fsp3) is 0.0526. The van der Waals surface area contributed by atoms with E-state index in [1.807, 2.05) is 60.7 Å². The monoisotopic (exact) mass is 338 g/mol. The maximum Gasteiger partial charge on any atom is 0.270 e.